The Labute approximate surface area is 210 Å². The fraction of sp³-hybridized carbons (Fsp3) is 0.370. The minimum Gasteiger partial charge on any atom is -0.490 e. The van der Waals surface area contributed by atoms with Gasteiger partial charge in [-0.15, -0.1) is 0 Å². The molecule has 1 aliphatic carbocycles. The van der Waals surface area contributed by atoms with E-state index in [9.17, 15) is 9.59 Å². The van der Waals surface area contributed by atoms with Crippen LogP contribution in [0.4, 0.5) is 5.69 Å². The maximum atomic E-state index is 13.7. The zero-order valence-corrected chi connectivity index (χ0v) is 20.9. The predicted molar refractivity (Wildman–Crippen MR) is 140 cm³/mol. The van der Waals surface area contributed by atoms with Crippen LogP contribution in [0.2, 0.25) is 0 Å². The van der Waals surface area contributed by atoms with Gasteiger partial charge < -0.3 is 15.2 Å². The van der Waals surface area contributed by atoms with Crippen molar-refractivity contribution in [2.24, 2.45) is 16.6 Å². The normalized spacial score (nSPS) is 22.6. The minimum absolute atomic E-state index is 0.0181. The second-order valence-corrected chi connectivity index (χ2v) is 9.75. The summed E-state index contributed by atoms with van der Waals surface area (Å²) in [5.74, 6) is 0.765. The summed E-state index contributed by atoms with van der Waals surface area (Å²) in [6, 6.07) is 15.2. The number of carbonyl (C=O) groups is 2. The number of hydrogen-bond acceptors (Lipinski definition) is 6. The molecule has 0 unspecified atom stereocenters. The van der Waals surface area contributed by atoms with Gasteiger partial charge in [-0.2, -0.15) is 0 Å². The lowest BCUT2D eigenvalue weighted by Crippen LogP contribution is -2.44. The lowest BCUT2D eigenvalue weighted by atomic mass is 9.85. The Kier molecular flexibility index (Phi) is 8.13. The molecular formula is C27H31N3O4S. The monoisotopic (exact) mass is 493 g/mol. The number of nitrogens with two attached hydrogens (primary N) is 1. The minimum atomic E-state index is -0.561. The number of primary amides is 1. The topological polar surface area (TPSA) is 94.2 Å². The van der Waals surface area contributed by atoms with Gasteiger partial charge in [0.05, 0.1) is 17.2 Å². The zero-order chi connectivity index (χ0) is 24.8. The number of carbonyl (C=O) groups excluding carboxylic acids is 2. The highest BCUT2D eigenvalue weighted by atomic mass is 32.2. The van der Waals surface area contributed by atoms with Crippen molar-refractivity contribution in [3.8, 4) is 11.5 Å². The van der Waals surface area contributed by atoms with Crippen molar-refractivity contribution in [2.45, 2.75) is 45.6 Å². The van der Waals surface area contributed by atoms with Crippen molar-refractivity contribution >= 4 is 40.5 Å². The number of para-hydroxylation sites is 1. The molecule has 0 aromatic heterocycles. The number of amides is 2. The second-order valence-electron chi connectivity index (χ2n) is 8.74. The van der Waals surface area contributed by atoms with Crippen LogP contribution >= 0.6 is 11.8 Å². The van der Waals surface area contributed by atoms with Crippen molar-refractivity contribution in [1.29, 1.82) is 0 Å². The Bertz CT molecular complexity index is 1130. The molecule has 0 spiro atoms. The van der Waals surface area contributed by atoms with Gasteiger partial charge >= 0.3 is 0 Å². The van der Waals surface area contributed by atoms with E-state index in [-0.39, 0.29) is 18.6 Å². The largest absolute Gasteiger partial charge is 0.490 e. The molecule has 1 saturated carbocycles. The van der Waals surface area contributed by atoms with Crippen molar-refractivity contribution < 1.29 is 19.1 Å². The van der Waals surface area contributed by atoms with Gasteiger partial charge in [0.15, 0.2) is 23.3 Å². The van der Waals surface area contributed by atoms with Gasteiger partial charge in [-0.05, 0) is 73.4 Å². The van der Waals surface area contributed by atoms with Crippen molar-refractivity contribution in [2.75, 3.05) is 13.2 Å². The van der Waals surface area contributed by atoms with Crippen LogP contribution in [0.1, 0.15) is 45.1 Å². The first-order valence-corrected chi connectivity index (χ1v) is 12.8. The van der Waals surface area contributed by atoms with Gasteiger partial charge in [0.1, 0.15) is 0 Å². The van der Waals surface area contributed by atoms with E-state index in [1.54, 1.807) is 12.1 Å². The Hall–Kier alpha value is -3.26. The predicted octanol–water partition coefficient (Wildman–Crippen LogP) is 5.13. The number of ether oxygens (including phenoxy) is 2. The van der Waals surface area contributed by atoms with Crippen LogP contribution in [0.15, 0.2) is 58.4 Å². The van der Waals surface area contributed by atoms with Crippen LogP contribution in [0, 0.1) is 5.92 Å². The lowest BCUT2D eigenvalue weighted by molar-refractivity contribution is -0.125. The van der Waals surface area contributed by atoms with E-state index in [0.717, 1.165) is 35.7 Å². The van der Waals surface area contributed by atoms with E-state index in [0.29, 0.717) is 28.9 Å². The molecule has 2 aromatic carbocycles. The molecule has 1 aliphatic heterocycles. The summed E-state index contributed by atoms with van der Waals surface area (Å²) in [6.45, 7) is 4.29. The fourth-order valence-electron chi connectivity index (χ4n) is 4.45. The molecule has 2 aromatic rings. The molecule has 2 N–H and O–H groups in total. The summed E-state index contributed by atoms with van der Waals surface area (Å²) in [5.41, 5.74) is 6.83. The third kappa shape index (κ3) is 6.06. The summed E-state index contributed by atoms with van der Waals surface area (Å²) in [7, 11) is 0. The number of amidine groups is 1. The van der Waals surface area contributed by atoms with Crippen LogP contribution in [-0.2, 0) is 9.59 Å². The fourth-order valence-corrected chi connectivity index (χ4v) is 5.50. The summed E-state index contributed by atoms with van der Waals surface area (Å²) < 4.78 is 11.2. The molecule has 2 fully saturated rings. The number of thioether (sulfide) groups is 1. The molecule has 4 rings (SSSR count). The van der Waals surface area contributed by atoms with Gasteiger partial charge in [0.25, 0.3) is 11.8 Å². The van der Waals surface area contributed by atoms with E-state index in [1.807, 2.05) is 54.3 Å². The summed E-state index contributed by atoms with van der Waals surface area (Å²) in [6.07, 6.45) is 6.27. The van der Waals surface area contributed by atoms with E-state index >= 15 is 0 Å². The van der Waals surface area contributed by atoms with Crippen LogP contribution in [0.25, 0.3) is 6.08 Å². The van der Waals surface area contributed by atoms with Gasteiger partial charge in [-0.1, -0.05) is 44.0 Å². The molecule has 35 heavy (non-hydrogen) atoms. The molecule has 2 atom stereocenters. The first-order valence-electron chi connectivity index (χ1n) is 12.0. The highest BCUT2D eigenvalue weighted by Crippen LogP contribution is 2.40. The standard InChI is InChI=1S/C27H31N3O4S/c1-3-33-23-15-19(13-14-22(23)34-17-25(28)31)16-24-26(32)30(21-12-8-7-9-18(21)2)27(35-24)29-20-10-5-4-6-11-20/h4-6,10-11,13-16,18,21H,3,7-9,12,17H2,1-2H3,(H2,28,31)/b24-16-,29-27?/t18-,21+/m1/s1. The second kappa shape index (κ2) is 11.4. The van der Waals surface area contributed by atoms with Crippen LogP contribution < -0.4 is 15.2 Å². The first kappa shape index (κ1) is 24.9. The molecule has 184 valence electrons. The molecule has 2 amide bonds. The lowest BCUT2D eigenvalue weighted by Gasteiger charge is -2.35. The molecule has 1 saturated heterocycles. The summed E-state index contributed by atoms with van der Waals surface area (Å²) in [5, 5.41) is 0.720. The molecule has 2 aliphatic rings. The average molecular weight is 494 g/mol. The Balaban J connectivity index is 1.67. The summed E-state index contributed by atoms with van der Waals surface area (Å²) in [4.78, 5) is 32.1. The molecule has 8 heteroatoms. The number of rotatable bonds is 8. The smallest absolute Gasteiger partial charge is 0.267 e. The van der Waals surface area contributed by atoms with Crippen molar-refractivity contribution in [1.82, 2.24) is 4.90 Å². The third-order valence-corrected chi connectivity index (χ3v) is 7.13. The highest BCUT2D eigenvalue weighted by Gasteiger charge is 2.41. The average Bonchev–Trinajstić information content (AvgIpc) is 3.14. The number of aliphatic imine (C=N–C) groups is 1. The maximum Gasteiger partial charge on any atom is 0.267 e. The van der Waals surface area contributed by atoms with Crippen molar-refractivity contribution in [3.05, 3.63) is 59.0 Å². The molecular weight excluding hydrogens is 462 g/mol. The Morgan fingerprint density at radius 2 is 1.91 bits per heavy atom. The van der Waals surface area contributed by atoms with Gasteiger partial charge in [0.2, 0.25) is 0 Å². The number of hydrogen-bond donors (Lipinski definition) is 1. The Morgan fingerprint density at radius 3 is 2.63 bits per heavy atom. The van der Waals surface area contributed by atoms with E-state index < -0.39 is 5.91 Å². The number of benzene rings is 2. The number of nitrogens with zero attached hydrogens (tertiary/aromatic N) is 2. The maximum absolute atomic E-state index is 13.7. The molecule has 1 heterocycles. The molecule has 7 nitrogen and oxygen atoms in total. The summed E-state index contributed by atoms with van der Waals surface area (Å²) >= 11 is 1.40. The SMILES string of the molecule is CCOc1cc(/C=C2\SC(=Nc3ccccc3)N([C@H]3CCCC[C@H]3C)C2=O)ccc1OCC(N)=O. The van der Waals surface area contributed by atoms with E-state index in [1.165, 1.54) is 18.2 Å². The molecule has 0 bridgehead atoms. The quantitative estimate of drug-likeness (QED) is 0.515. The molecule has 0 radical (unpaired) electrons. The first-order chi connectivity index (χ1) is 17.0. The van der Waals surface area contributed by atoms with E-state index in [4.69, 9.17) is 20.2 Å². The van der Waals surface area contributed by atoms with Gasteiger partial charge in [-0.25, -0.2) is 4.99 Å². The van der Waals surface area contributed by atoms with Crippen molar-refractivity contribution in [3.63, 3.8) is 0 Å². The third-order valence-electron chi connectivity index (χ3n) is 6.15. The van der Waals surface area contributed by atoms with Gasteiger partial charge in [-0.3, -0.25) is 14.5 Å². The Morgan fingerprint density at radius 1 is 1.14 bits per heavy atom. The van der Waals surface area contributed by atoms with Gasteiger partial charge in [0, 0.05) is 6.04 Å². The highest BCUT2D eigenvalue weighted by molar-refractivity contribution is 8.18. The van der Waals surface area contributed by atoms with Crippen LogP contribution in [0.5, 0.6) is 11.5 Å². The van der Waals surface area contributed by atoms with Crippen LogP contribution in [-0.4, -0.2) is 41.1 Å². The van der Waals surface area contributed by atoms with Crippen LogP contribution in [0.3, 0.4) is 0 Å². The zero-order valence-electron chi connectivity index (χ0n) is 20.1. The van der Waals surface area contributed by atoms with E-state index in [2.05, 4.69) is 6.92 Å².